The third-order valence-electron chi connectivity index (χ3n) is 5.54. The van der Waals surface area contributed by atoms with Gasteiger partial charge in [-0.15, -0.1) is 10.2 Å². The number of hydrogen-bond acceptors (Lipinski definition) is 6. The summed E-state index contributed by atoms with van der Waals surface area (Å²) in [4.78, 5) is 14.6. The normalized spacial score (nSPS) is 17.0. The van der Waals surface area contributed by atoms with Crippen LogP contribution in [0.25, 0.3) is 11.4 Å². The van der Waals surface area contributed by atoms with Crippen molar-refractivity contribution in [3.05, 3.63) is 54.0 Å². The van der Waals surface area contributed by atoms with Crippen LogP contribution < -0.4 is 0 Å². The molecule has 3 heterocycles. The second-order valence-corrected chi connectivity index (χ2v) is 10.1. The van der Waals surface area contributed by atoms with Gasteiger partial charge in [-0.2, -0.15) is 0 Å². The monoisotopic (exact) mass is 454 g/mol. The second-order valence-electron chi connectivity index (χ2n) is 9.11. The Labute approximate surface area is 193 Å². The molecule has 1 fully saturated rings. The number of morpholine rings is 1. The van der Waals surface area contributed by atoms with Crippen LogP contribution in [0.2, 0.25) is 0 Å². The molecule has 2 aromatic heterocycles. The molecule has 3 aromatic rings. The molecular weight excluding hydrogens is 424 g/mol. The molecule has 1 unspecified atom stereocenters. The highest BCUT2D eigenvalue weighted by Gasteiger charge is 2.23. The van der Waals surface area contributed by atoms with Crippen molar-refractivity contribution in [2.75, 3.05) is 25.4 Å². The highest BCUT2D eigenvalue weighted by molar-refractivity contribution is 7.99. The van der Waals surface area contributed by atoms with Crippen molar-refractivity contribution in [1.29, 1.82) is 0 Å². The number of furan rings is 1. The van der Waals surface area contributed by atoms with E-state index in [0.29, 0.717) is 37.2 Å². The summed E-state index contributed by atoms with van der Waals surface area (Å²) >= 11 is 1.41. The Hall–Kier alpha value is -2.58. The van der Waals surface area contributed by atoms with Gasteiger partial charge in [0.25, 0.3) is 0 Å². The maximum Gasteiger partial charge on any atom is 0.233 e. The van der Waals surface area contributed by atoms with E-state index in [4.69, 9.17) is 9.15 Å². The first-order valence-electron chi connectivity index (χ1n) is 10.9. The maximum absolute atomic E-state index is 12.7. The number of amides is 1. The average Bonchev–Trinajstić information content (AvgIpc) is 3.42. The first-order chi connectivity index (χ1) is 15.3. The zero-order valence-corrected chi connectivity index (χ0v) is 19.9. The SMILES string of the molecule is CC1CN(C(=O)CSc2nnc(-c3ccc(C(C)(C)C)cc3)n2Cc2ccco2)CCO1. The first-order valence-corrected chi connectivity index (χ1v) is 11.9. The number of carbonyl (C=O) groups excluding carboxylic acids is 1. The third kappa shape index (κ3) is 5.24. The van der Waals surface area contributed by atoms with E-state index in [1.54, 1.807) is 6.26 Å². The lowest BCUT2D eigenvalue weighted by molar-refractivity contribution is -0.135. The van der Waals surface area contributed by atoms with Crippen LogP contribution in [0.1, 0.15) is 39.0 Å². The van der Waals surface area contributed by atoms with Gasteiger partial charge in [0.15, 0.2) is 11.0 Å². The summed E-state index contributed by atoms with van der Waals surface area (Å²) in [7, 11) is 0. The molecule has 1 atom stereocenters. The van der Waals surface area contributed by atoms with Crippen molar-refractivity contribution in [2.45, 2.75) is 50.9 Å². The fraction of sp³-hybridized carbons (Fsp3) is 0.458. The van der Waals surface area contributed by atoms with Gasteiger partial charge in [0.2, 0.25) is 5.91 Å². The number of ether oxygens (including phenoxy) is 1. The summed E-state index contributed by atoms with van der Waals surface area (Å²) in [6.45, 7) is 10.9. The van der Waals surface area contributed by atoms with E-state index < -0.39 is 0 Å². The molecule has 0 aliphatic carbocycles. The smallest absolute Gasteiger partial charge is 0.233 e. The van der Waals surface area contributed by atoms with Crippen LogP contribution in [-0.4, -0.2) is 57.1 Å². The molecule has 32 heavy (non-hydrogen) atoms. The number of rotatable bonds is 6. The molecule has 0 N–H and O–H groups in total. The minimum Gasteiger partial charge on any atom is -0.467 e. The van der Waals surface area contributed by atoms with Crippen LogP contribution >= 0.6 is 11.8 Å². The summed E-state index contributed by atoms with van der Waals surface area (Å²) in [5, 5.41) is 9.58. The molecule has 1 saturated heterocycles. The van der Waals surface area contributed by atoms with Gasteiger partial charge in [0, 0.05) is 18.7 Å². The molecule has 0 spiro atoms. The predicted octanol–water partition coefficient (Wildman–Crippen LogP) is 4.22. The molecule has 7 nitrogen and oxygen atoms in total. The number of benzene rings is 1. The van der Waals surface area contributed by atoms with Crippen LogP contribution in [-0.2, 0) is 21.5 Å². The van der Waals surface area contributed by atoms with E-state index in [9.17, 15) is 4.79 Å². The van der Waals surface area contributed by atoms with E-state index in [0.717, 1.165) is 17.1 Å². The molecule has 1 aliphatic heterocycles. The van der Waals surface area contributed by atoms with E-state index >= 15 is 0 Å². The second kappa shape index (κ2) is 9.50. The van der Waals surface area contributed by atoms with E-state index in [2.05, 4.69) is 55.2 Å². The topological polar surface area (TPSA) is 73.4 Å². The molecule has 0 bridgehead atoms. The first kappa shape index (κ1) is 22.6. The lowest BCUT2D eigenvalue weighted by Gasteiger charge is -2.31. The number of carbonyl (C=O) groups is 1. The fourth-order valence-electron chi connectivity index (χ4n) is 3.69. The Morgan fingerprint density at radius 2 is 1.97 bits per heavy atom. The Balaban J connectivity index is 1.56. The maximum atomic E-state index is 12.7. The number of hydrogen-bond donors (Lipinski definition) is 0. The van der Waals surface area contributed by atoms with Crippen LogP contribution in [0.3, 0.4) is 0 Å². The number of nitrogens with zero attached hydrogens (tertiary/aromatic N) is 4. The molecule has 0 saturated carbocycles. The Kier molecular flexibility index (Phi) is 6.71. The lowest BCUT2D eigenvalue weighted by atomic mass is 9.87. The highest BCUT2D eigenvalue weighted by Crippen LogP contribution is 2.28. The number of aromatic nitrogens is 3. The van der Waals surface area contributed by atoms with Crippen LogP contribution in [0.15, 0.2) is 52.2 Å². The highest BCUT2D eigenvalue weighted by atomic mass is 32.2. The van der Waals surface area contributed by atoms with Gasteiger partial charge in [0.05, 0.1) is 31.3 Å². The Bertz CT molecular complexity index is 1040. The zero-order valence-electron chi connectivity index (χ0n) is 19.1. The molecule has 0 radical (unpaired) electrons. The third-order valence-corrected chi connectivity index (χ3v) is 6.49. The van der Waals surface area contributed by atoms with Crippen molar-refractivity contribution < 1.29 is 13.9 Å². The van der Waals surface area contributed by atoms with Crippen molar-refractivity contribution in [2.24, 2.45) is 0 Å². The van der Waals surface area contributed by atoms with Crippen molar-refractivity contribution in [1.82, 2.24) is 19.7 Å². The summed E-state index contributed by atoms with van der Waals surface area (Å²) in [6, 6.07) is 12.2. The van der Waals surface area contributed by atoms with Crippen LogP contribution in [0, 0.1) is 0 Å². The standard InChI is InChI=1S/C24H30N4O3S/c1-17-14-27(11-13-30-17)21(29)16-32-23-26-25-22(28(23)15-20-6-5-12-31-20)18-7-9-19(10-8-18)24(2,3)4/h5-10,12,17H,11,13-16H2,1-4H3. The van der Waals surface area contributed by atoms with Crippen molar-refractivity contribution >= 4 is 17.7 Å². The van der Waals surface area contributed by atoms with Gasteiger partial charge >= 0.3 is 0 Å². The molecule has 1 aromatic carbocycles. The van der Waals surface area contributed by atoms with Gasteiger partial charge in [0.1, 0.15) is 5.76 Å². The fourth-order valence-corrected chi connectivity index (χ4v) is 4.53. The molecular formula is C24H30N4O3S. The van der Waals surface area contributed by atoms with Crippen LogP contribution in [0.5, 0.6) is 0 Å². The lowest BCUT2D eigenvalue weighted by Crippen LogP contribution is -2.45. The summed E-state index contributed by atoms with van der Waals surface area (Å²) in [6.07, 6.45) is 1.73. The minimum atomic E-state index is 0.0722. The van der Waals surface area contributed by atoms with Crippen molar-refractivity contribution in [3.8, 4) is 11.4 Å². The molecule has 1 amide bonds. The van der Waals surface area contributed by atoms with Crippen molar-refractivity contribution in [3.63, 3.8) is 0 Å². The molecule has 8 heteroatoms. The van der Waals surface area contributed by atoms with E-state index in [1.165, 1.54) is 17.3 Å². The Morgan fingerprint density at radius 3 is 2.62 bits per heavy atom. The van der Waals surface area contributed by atoms with Gasteiger partial charge in [-0.1, -0.05) is 56.8 Å². The predicted molar refractivity (Wildman–Crippen MR) is 125 cm³/mol. The van der Waals surface area contributed by atoms with Gasteiger partial charge in [-0.3, -0.25) is 9.36 Å². The largest absolute Gasteiger partial charge is 0.467 e. The minimum absolute atomic E-state index is 0.0722. The van der Waals surface area contributed by atoms with Gasteiger partial charge < -0.3 is 14.1 Å². The number of thioether (sulfide) groups is 1. The van der Waals surface area contributed by atoms with Crippen LogP contribution in [0.4, 0.5) is 0 Å². The average molecular weight is 455 g/mol. The summed E-state index contributed by atoms with van der Waals surface area (Å²) < 4.78 is 13.1. The van der Waals surface area contributed by atoms with Gasteiger partial charge in [-0.25, -0.2) is 0 Å². The zero-order chi connectivity index (χ0) is 22.7. The molecule has 170 valence electrons. The molecule has 4 rings (SSSR count). The Morgan fingerprint density at radius 1 is 1.19 bits per heavy atom. The van der Waals surface area contributed by atoms with E-state index in [-0.39, 0.29) is 17.4 Å². The summed E-state index contributed by atoms with van der Waals surface area (Å²) in [5.74, 6) is 1.98. The molecule has 1 aliphatic rings. The van der Waals surface area contributed by atoms with E-state index in [1.807, 2.05) is 28.5 Å². The summed E-state index contributed by atoms with van der Waals surface area (Å²) in [5.41, 5.74) is 2.33. The quantitative estimate of drug-likeness (QED) is 0.519. The van der Waals surface area contributed by atoms with Gasteiger partial charge in [-0.05, 0) is 30.0 Å².